The molecule has 0 unspecified atom stereocenters. The minimum Gasteiger partial charge on any atom is -0.378 e. The van der Waals surface area contributed by atoms with Crippen LogP contribution in [0.2, 0.25) is 0 Å². The van der Waals surface area contributed by atoms with E-state index in [4.69, 9.17) is 0 Å². The van der Waals surface area contributed by atoms with E-state index >= 15 is 0 Å². The van der Waals surface area contributed by atoms with Gasteiger partial charge in [0.05, 0.1) is 0 Å². The maximum Gasteiger partial charge on any atom is 0.254 e. The Balaban J connectivity index is 1.92. The third-order valence-electron chi connectivity index (χ3n) is 3.44. The van der Waals surface area contributed by atoms with Gasteiger partial charge in [-0.15, -0.1) is 11.3 Å². The first kappa shape index (κ1) is 18.1. The number of nitrogens with one attached hydrogen (secondary N) is 2. The molecule has 2 rings (SSSR count). The number of hydrogen-bond acceptors (Lipinski definition) is 5. The SMILES string of the molecule is CC(C)c1cnc(NC(=O)[C@H](C)NC(=O)[C@@H](O)c2ccccc2)s1. The highest BCUT2D eigenvalue weighted by molar-refractivity contribution is 7.15. The van der Waals surface area contributed by atoms with Crippen molar-refractivity contribution in [3.8, 4) is 0 Å². The lowest BCUT2D eigenvalue weighted by atomic mass is 10.1. The number of rotatable bonds is 6. The monoisotopic (exact) mass is 347 g/mol. The molecule has 0 radical (unpaired) electrons. The van der Waals surface area contributed by atoms with Crippen LogP contribution in [0.25, 0.3) is 0 Å². The summed E-state index contributed by atoms with van der Waals surface area (Å²) in [5.41, 5.74) is 0.476. The fourth-order valence-corrected chi connectivity index (χ4v) is 2.79. The number of aliphatic hydroxyl groups excluding tert-OH is 1. The number of amides is 2. The van der Waals surface area contributed by atoms with Gasteiger partial charge in [-0.1, -0.05) is 44.2 Å². The second-order valence-electron chi connectivity index (χ2n) is 5.76. The molecule has 2 aromatic rings. The highest BCUT2D eigenvalue weighted by atomic mass is 32.1. The van der Waals surface area contributed by atoms with E-state index in [1.54, 1.807) is 43.5 Å². The lowest BCUT2D eigenvalue weighted by Crippen LogP contribution is -2.43. The normalized spacial score (nSPS) is 13.4. The molecule has 0 spiro atoms. The molecule has 24 heavy (non-hydrogen) atoms. The summed E-state index contributed by atoms with van der Waals surface area (Å²) in [5, 5.41) is 15.7. The maximum atomic E-state index is 12.1. The Bertz CT molecular complexity index is 700. The first-order chi connectivity index (χ1) is 11.4. The molecule has 6 nitrogen and oxygen atoms in total. The molecule has 1 aromatic heterocycles. The summed E-state index contributed by atoms with van der Waals surface area (Å²) >= 11 is 1.40. The van der Waals surface area contributed by atoms with Gasteiger partial charge in [0, 0.05) is 11.1 Å². The van der Waals surface area contributed by atoms with Crippen molar-refractivity contribution in [3.63, 3.8) is 0 Å². The van der Waals surface area contributed by atoms with Crippen LogP contribution in [0.15, 0.2) is 36.5 Å². The van der Waals surface area contributed by atoms with E-state index in [2.05, 4.69) is 15.6 Å². The zero-order valence-electron chi connectivity index (χ0n) is 13.8. The molecule has 0 aliphatic heterocycles. The van der Waals surface area contributed by atoms with Crippen LogP contribution in [-0.4, -0.2) is 27.9 Å². The van der Waals surface area contributed by atoms with Crippen LogP contribution in [0.1, 0.15) is 43.2 Å². The van der Waals surface area contributed by atoms with Gasteiger partial charge in [0.2, 0.25) is 5.91 Å². The summed E-state index contributed by atoms with van der Waals surface area (Å²) in [6.07, 6.45) is 0.418. The number of aromatic nitrogens is 1. The van der Waals surface area contributed by atoms with Gasteiger partial charge in [-0.05, 0) is 18.4 Å². The molecular weight excluding hydrogens is 326 g/mol. The summed E-state index contributed by atoms with van der Waals surface area (Å²) < 4.78 is 0. The van der Waals surface area contributed by atoms with Gasteiger partial charge in [0.1, 0.15) is 6.04 Å². The molecule has 3 N–H and O–H groups in total. The van der Waals surface area contributed by atoms with Crippen molar-refractivity contribution in [2.45, 2.75) is 38.8 Å². The van der Waals surface area contributed by atoms with Crippen LogP contribution in [0.4, 0.5) is 5.13 Å². The van der Waals surface area contributed by atoms with Crippen LogP contribution in [0, 0.1) is 0 Å². The number of anilines is 1. The van der Waals surface area contributed by atoms with Crippen molar-refractivity contribution in [1.82, 2.24) is 10.3 Å². The summed E-state index contributed by atoms with van der Waals surface area (Å²) in [5.74, 6) is -0.662. The number of nitrogens with zero attached hydrogens (tertiary/aromatic N) is 1. The highest BCUT2D eigenvalue weighted by Gasteiger charge is 2.22. The van der Waals surface area contributed by atoms with Gasteiger partial charge in [0.15, 0.2) is 11.2 Å². The summed E-state index contributed by atoms with van der Waals surface area (Å²) in [4.78, 5) is 29.4. The minimum atomic E-state index is -1.31. The lowest BCUT2D eigenvalue weighted by Gasteiger charge is -2.16. The molecule has 0 aliphatic rings. The molecule has 0 aliphatic carbocycles. The number of benzene rings is 1. The van der Waals surface area contributed by atoms with E-state index in [-0.39, 0.29) is 5.91 Å². The number of carbonyl (C=O) groups excluding carboxylic acids is 2. The third kappa shape index (κ3) is 4.62. The van der Waals surface area contributed by atoms with E-state index in [0.29, 0.717) is 16.6 Å². The summed E-state index contributed by atoms with van der Waals surface area (Å²) in [7, 11) is 0. The molecule has 128 valence electrons. The van der Waals surface area contributed by atoms with Crippen LogP contribution in [-0.2, 0) is 9.59 Å². The van der Waals surface area contributed by atoms with Crippen molar-refractivity contribution in [1.29, 1.82) is 0 Å². The second kappa shape index (κ2) is 8.03. The average Bonchev–Trinajstić information content (AvgIpc) is 3.03. The smallest absolute Gasteiger partial charge is 0.254 e. The molecular formula is C17H21N3O3S. The topological polar surface area (TPSA) is 91.3 Å². The molecule has 2 amide bonds. The van der Waals surface area contributed by atoms with Crippen molar-refractivity contribution < 1.29 is 14.7 Å². The van der Waals surface area contributed by atoms with Gasteiger partial charge >= 0.3 is 0 Å². The Morgan fingerprint density at radius 1 is 1.12 bits per heavy atom. The highest BCUT2D eigenvalue weighted by Crippen LogP contribution is 2.25. The predicted molar refractivity (Wildman–Crippen MR) is 93.8 cm³/mol. The fourth-order valence-electron chi connectivity index (χ4n) is 1.97. The van der Waals surface area contributed by atoms with Crippen LogP contribution in [0.5, 0.6) is 0 Å². The molecule has 0 saturated carbocycles. The standard InChI is InChI=1S/C17H21N3O3S/c1-10(2)13-9-18-17(24-13)20-15(22)11(3)19-16(23)14(21)12-7-5-4-6-8-12/h4-11,14,21H,1-3H3,(H,19,23)(H,18,20,22)/t11-,14-/m0/s1. The molecule has 0 saturated heterocycles. The van der Waals surface area contributed by atoms with Crippen LogP contribution < -0.4 is 10.6 Å². The Hall–Kier alpha value is -2.25. The zero-order valence-corrected chi connectivity index (χ0v) is 14.6. The van der Waals surface area contributed by atoms with E-state index in [1.165, 1.54) is 11.3 Å². The largest absolute Gasteiger partial charge is 0.378 e. The number of hydrogen-bond donors (Lipinski definition) is 3. The van der Waals surface area contributed by atoms with E-state index < -0.39 is 18.1 Å². The van der Waals surface area contributed by atoms with Gasteiger partial charge < -0.3 is 15.7 Å². The zero-order chi connectivity index (χ0) is 17.7. The van der Waals surface area contributed by atoms with Crippen molar-refractivity contribution in [3.05, 3.63) is 47.0 Å². The Morgan fingerprint density at radius 2 is 1.79 bits per heavy atom. The second-order valence-corrected chi connectivity index (χ2v) is 6.82. The van der Waals surface area contributed by atoms with Gasteiger partial charge in [-0.25, -0.2) is 4.98 Å². The van der Waals surface area contributed by atoms with Gasteiger partial charge in [-0.3, -0.25) is 9.59 Å². The van der Waals surface area contributed by atoms with Crippen molar-refractivity contribution >= 4 is 28.3 Å². The molecule has 1 aromatic carbocycles. The van der Waals surface area contributed by atoms with E-state index in [9.17, 15) is 14.7 Å². The number of thiazole rings is 1. The van der Waals surface area contributed by atoms with E-state index in [0.717, 1.165) is 4.88 Å². The summed E-state index contributed by atoms with van der Waals surface area (Å²) in [6, 6.07) is 7.77. The Labute approximate surface area is 144 Å². The number of aliphatic hydroxyl groups is 1. The lowest BCUT2D eigenvalue weighted by molar-refractivity contribution is -0.132. The number of carbonyl (C=O) groups is 2. The third-order valence-corrected chi connectivity index (χ3v) is 4.65. The van der Waals surface area contributed by atoms with Gasteiger partial charge in [0.25, 0.3) is 5.91 Å². The Morgan fingerprint density at radius 3 is 2.38 bits per heavy atom. The minimum absolute atomic E-state index is 0.339. The quantitative estimate of drug-likeness (QED) is 0.748. The van der Waals surface area contributed by atoms with Crippen molar-refractivity contribution in [2.75, 3.05) is 5.32 Å². The first-order valence-corrected chi connectivity index (χ1v) is 8.50. The Kier molecular flexibility index (Phi) is 6.05. The first-order valence-electron chi connectivity index (χ1n) is 7.68. The average molecular weight is 347 g/mol. The van der Waals surface area contributed by atoms with E-state index in [1.807, 2.05) is 13.8 Å². The predicted octanol–water partition coefficient (Wildman–Crippen LogP) is 2.44. The molecule has 7 heteroatoms. The van der Waals surface area contributed by atoms with Crippen LogP contribution in [0.3, 0.4) is 0 Å². The molecule has 2 atom stereocenters. The van der Waals surface area contributed by atoms with Gasteiger partial charge in [-0.2, -0.15) is 0 Å². The molecule has 0 fully saturated rings. The van der Waals surface area contributed by atoms with Crippen LogP contribution >= 0.6 is 11.3 Å². The fraction of sp³-hybridized carbons (Fsp3) is 0.353. The van der Waals surface area contributed by atoms with Crippen molar-refractivity contribution in [2.24, 2.45) is 0 Å². The molecule has 1 heterocycles. The summed E-state index contributed by atoms with van der Waals surface area (Å²) in [6.45, 7) is 5.65. The maximum absolute atomic E-state index is 12.1. The molecule has 0 bridgehead atoms.